The molecule has 0 amide bonds. The number of aromatic hydroxyl groups is 1. The van der Waals surface area contributed by atoms with Gasteiger partial charge in [-0.3, -0.25) is 4.57 Å². The van der Waals surface area contributed by atoms with Crippen molar-refractivity contribution in [2.75, 3.05) is 5.32 Å². The number of benzene rings is 2. The molecule has 0 radical (unpaired) electrons. The van der Waals surface area contributed by atoms with Crippen molar-refractivity contribution in [3.05, 3.63) is 48.5 Å². The summed E-state index contributed by atoms with van der Waals surface area (Å²) in [7, 11) is -4.47. The van der Waals surface area contributed by atoms with Gasteiger partial charge in [0.2, 0.25) is 5.50 Å². The Morgan fingerprint density at radius 3 is 2.59 bits per heavy atom. The third-order valence-corrected chi connectivity index (χ3v) is 7.65. The smallest absolute Gasteiger partial charge is 0.391 e. The van der Waals surface area contributed by atoms with Crippen molar-refractivity contribution in [1.29, 1.82) is 0 Å². The molecule has 0 spiro atoms. The van der Waals surface area contributed by atoms with Crippen LogP contribution in [0.3, 0.4) is 0 Å². The summed E-state index contributed by atoms with van der Waals surface area (Å²) in [5, 5.41) is 15.1. The van der Waals surface area contributed by atoms with E-state index in [0.717, 1.165) is 33.8 Å². The maximum atomic E-state index is 11.5. The molecule has 1 aliphatic carbocycles. The molecule has 5 rings (SSSR count). The maximum Gasteiger partial charge on any atom is 0.391 e. The summed E-state index contributed by atoms with van der Waals surface area (Å²) in [5.41, 5.74) is 2.54. The average molecular weight is 470 g/mol. The first kappa shape index (κ1) is 21.2. The molecule has 0 saturated heterocycles. The normalized spacial score (nSPS) is 15.3. The highest BCUT2D eigenvalue weighted by molar-refractivity contribution is 7.59. The number of rotatable bonds is 5. The van der Waals surface area contributed by atoms with E-state index >= 15 is 0 Å². The second-order valence-corrected chi connectivity index (χ2v) is 10.6. The molecule has 2 aromatic heterocycles. The lowest BCUT2D eigenvalue weighted by Crippen LogP contribution is -2.21. The molecule has 7 nitrogen and oxygen atoms in total. The molecule has 1 saturated carbocycles. The van der Waals surface area contributed by atoms with Gasteiger partial charge in [-0.15, -0.1) is 0 Å². The number of phenols is 1. The SMILES string of the molecule is O=P(O)(O)c1ccc(-c2ccc(O)c(-c3cccc4nc(NC5CCCCC5)sc34)c2)o1. The Kier molecular flexibility index (Phi) is 5.55. The van der Waals surface area contributed by atoms with Crippen LogP contribution in [0, 0.1) is 0 Å². The quantitative estimate of drug-likeness (QED) is 0.286. The highest BCUT2D eigenvalue weighted by Crippen LogP contribution is 2.41. The highest BCUT2D eigenvalue weighted by Gasteiger charge is 2.23. The average Bonchev–Trinajstić information content (AvgIpc) is 3.42. The molecule has 9 heteroatoms. The van der Waals surface area contributed by atoms with Crippen molar-refractivity contribution in [3.63, 3.8) is 0 Å². The summed E-state index contributed by atoms with van der Waals surface area (Å²) in [5.74, 6) is 0.430. The lowest BCUT2D eigenvalue weighted by atomic mass is 9.96. The van der Waals surface area contributed by atoms with Crippen LogP contribution in [0.4, 0.5) is 5.13 Å². The fourth-order valence-electron chi connectivity index (χ4n) is 4.19. The van der Waals surface area contributed by atoms with E-state index in [1.807, 2.05) is 18.2 Å². The lowest BCUT2D eigenvalue weighted by molar-refractivity contribution is 0.377. The van der Waals surface area contributed by atoms with Gasteiger partial charge >= 0.3 is 7.60 Å². The van der Waals surface area contributed by atoms with E-state index in [2.05, 4.69) is 5.32 Å². The second-order valence-electron chi connectivity index (χ2n) is 8.07. The van der Waals surface area contributed by atoms with Crippen LogP contribution in [0.2, 0.25) is 0 Å². The van der Waals surface area contributed by atoms with Crippen LogP contribution in [0.25, 0.3) is 32.7 Å². The van der Waals surface area contributed by atoms with Crippen molar-refractivity contribution in [2.24, 2.45) is 0 Å². The van der Waals surface area contributed by atoms with Gasteiger partial charge in [0.1, 0.15) is 11.5 Å². The van der Waals surface area contributed by atoms with E-state index < -0.39 is 7.60 Å². The molecule has 2 aromatic carbocycles. The monoisotopic (exact) mass is 470 g/mol. The van der Waals surface area contributed by atoms with Gasteiger partial charge in [0.05, 0.1) is 10.2 Å². The molecule has 1 fully saturated rings. The Bertz CT molecular complexity index is 1320. The van der Waals surface area contributed by atoms with E-state index in [-0.39, 0.29) is 11.3 Å². The maximum absolute atomic E-state index is 11.5. The number of aromatic nitrogens is 1. The van der Waals surface area contributed by atoms with Crippen molar-refractivity contribution in [1.82, 2.24) is 4.98 Å². The van der Waals surface area contributed by atoms with Crippen molar-refractivity contribution in [2.45, 2.75) is 38.1 Å². The predicted octanol–water partition coefficient (Wildman–Crippen LogP) is 5.48. The van der Waals surface area contributed by atoms with Crippen LogP contribution < -0.4 is 10.8 Å². The first-order valence-electron chi connectivity index (χ1n) is 10.5. The van der Waals surface area contributed by atoms with Crippen LogP contribution >= 0.6 is 18.9 Å². The number of hydrogen-bond acceptors (Lipinski definition) is 6. The number of nitrogens with zero attached hydrogens (tertiary/aromatic N) is 1. The fraction of sp³-hybridized carbons (Fsp3) is 0.261. The minimum Gasteiger partial charge on any atom is -0.507 e. The summed E-state index contributed by atoms with van der Waals surface area (Å²) in [4.78, 5) is 23.4. The van der Waals surface area contributed by atoms with Gasteiger partial charge in [-0.05, 0) is 49.2 Å². The largest absolute Gasteiger partial charge is 0.507 e. The Hall–Kier alpha value is -2.64. The van der Waals surface area contributed by atoms with Crippen molar-refractivity contribution < 1.29 is 23.9 Å². The summed E-state index contributed by atoms with van der Waals surface area (Å²) >= 11 is 1.57. The van der Waals surface area contributed by atoms with Crippen LogP contribution in [-0.2, 0) is 4.57 Å². The van der Waals surface area contributed by atoms with E-state index in [0.29, 0.717) is 22.9 Å². The Balaban J connectivity index is 1.52. The molecule has 1 aliphatic rings. The van der Waals surface area contributed by atoms with E-state index in [1.54, 1.807) is 29.5 Å². The van der Waals surface area contributed by atoms with Gasteiger partial charge in [0, 0.05) is 22.7 Å². The lowest BCUT2D eigenvalue weighted by Gasteiger charge is -2.22. The molecule has 4 aromatic rings. The summed E-state index contributed by atoms with van der Waals surface area (Å²) in [6.45, 7) is 0. The molecule has 32 heavy (non-hydrogen) atoms. The van der Waals surface area contributed by atoms with E-state index in [1.165, 1.54) is 31.4 Å². The van der Waals surface area contributed by atoms with Gasteiger partial charge in [0.15, 0.2) is 5.13 Å². The zero-order valence-electron chi connectivity index (χ0n) is 17.2. The molecule has 0 atom stereocenters. The minimum absolute atomic E-state index is 0.109. The fourth-order valence-corrected chi connectivity index (χ4v) is 5.74. The zero-order valence-corrected chi connectivity index (χ0v) is 18.9. The van der Waals surface area contributed by atoms with Crippen LogP contribution in [0.1, 0.15) is 32.1 Å². The van der Waals surface area contributed by atoms with Crippen LogP contribution in [0.5, 0.6) is 5.75 Å². The molecular formula is C23H23N2O5PS. The third kappa shape index (κ3) is 4.19. The number of anilines is 1. The molecule has 0 aliphatic heterocycles. The van der Waals surface area contributed by atoms with Gasteiger partial charge in [-0.25, -0.2) is 4.98 Å². The van der Waals surface area contributed by atoms with E-state index in [4.69, 9.17) is 9.40 Å². The first-order chi connectivity index (χ1) is 15.4. The van der Waals surface area contributed by atoms with Gasteiger partial charge < -0.3 is 24.6 Å². The summed E-state index contributed by atoms with van der Waals surface area (Å²) in [6.07, 6.45) is 6.09. The first-order valence-corrected chi connectivity index (χ1v) is 13.0. The van der Waals surface area contributed by atoms with Gasteiger partial charge in [-0.1, -0.05) is 42.7 Å². The van der Waals surface area contributed by atoms with E-state index in [9.17, 15) is 19.5 Å². The Morgan fingerprint density at radius 1 is 1.03 bits per heavy atom. The molecule has 0 unspecified atom stereocenters. The molecule has 2 heterocycles. The number of fused-ring (bicyclic) bond motifs is 1. The standard InChI is InChI=1S/C23H23N2O5PS/c26-19-10-9-14(20-11-12-21(30-20)31(27,28)29)13-17(19)16-7-4-8-18-22(16)32-23(25-18)24-15-5-2-1-3-6-15/h4,7-13,15,26H,1-3,5-6H2,(H,24,25)(H2,27,28,29). The van der Waals surface area contributed by atoms with Crippen molar-refractivity contribution >= 4 is 39.8 Å². The predicted molar refractivity (Wildman–Crippen MR) is 127 cm³/mol. The summed E-state index contributed by atoms with van der Waals surface area (Å²) < 4.78 is 17.8. The highest BCUT2D eigenvalue weighted by atomic mass is 32.1. The van der Waals surface area contributed by atoms with Gasteiger partial charge in [-0.2, -0.15) is 0 Å². The summed E-state index contributed by atoms with van der Waals surface area (Å²) in [6, 6.07) is 14.0. The van der Waals surface area contributed by atoms with Crippen LogP contribution in [-0.4, -0.2) is 25.9 Å². The Labute approximate surface area is 188 Å². The number of hydrogen-bond donors (Lipinski definition) is 4. The number of nitrogens with one attached hydrogen (secondary N) is 1. The Morgan fingerprint density at radius 2 is 1.84 bits per heavy atom. The molecule has 4 N–H and O–H groups in total. The third-order valence-electron chi connectivity index (χ3n) is 5.80. The molecule has 166 valence electrons. The van der Waals surface area contributed by atoms with Crippen molar-refractivity contribution in [3.8, 4) is 28.2 Å². The van der Waals surface area contributed by atoms with Gasteiger partial charge in [0.25, 0.3) is 0 Å². The number of thiazole rings is 1. The number of phenolic OH excluding ortho intramolecular Hbond substituents is 1. The minimum atomic E-state index is -4.47. The van der Waals surface area contributed by atoms with Crippen LogP contribution in [0.15, 0.2) is 52.9 Å². The zero-order chi connectivity index (χ0) is 22.3. The number of furan rings is 1. The topological polar surface area (TPSA) is 116 Å². The second kappa shape index (κ2) is 8.37. The molecular weight excluding hydrogens is 447 g/mol. The molecule has 0 bridgehead atoms.